The molecule has 0 saturated heterocycles. The fraction of sp³-hybridized carbons (Fsp3) is 0.188. The Labute approximate surface area is 131 Å². The average molecular weight is 347 g/mol. The van der Waals surface area contributed by atoms with Gasteiger partial charge in [-0.05, 0) is 52.2 Å². The Morgan fingerprint density at radius 3 is 2.76 bits per heavy atom. The minimum absolute atomic E-state index is 0.540. The van der Waals surface area contributed by atoms with Gasteiger partial charge in [0.25, 0.3) is 0 Å². The molecule has 108 valence electrons. The highest BCUT2D eigenvalue weighted by Gasteiger charge is 2.13. The van der Waals surface area contributed by atoms with Crippen molar-refractivity contribution in [1.82, 2.24) is 4.98 Å². The number of anilines is 1. The van der Waals surface area contributed by atoms with Crippen LogP contribution in [0, 0.1) is 0 Å². The molecular formula is C16H15BrN2O2. The summed E-state index contributed by atoms with van der Waals surface area (Å²) < 4.78 is 11.8. The second-order valence-corrected chi connectivity index (χ2v) is 5.61. The van der Waals surface area contributed by atoms with E-state index in [2.05, 4.69) is 33.9 Å². The SMILES string of the molecule is CCc1ccc2oc(-c3cc(N)c(OC)c(Br)c3)nc2c1. The Hall–Kier alpha value is -2.01. The van der Waals surface area contributed by atoms with Crippen molar-refractivity contribution < 1.29 is 9.15 Å². The number of methoxy groups -OCH3 is 1. The van der Waals surface area contributed by atoms with Gasteiger partial charge < -0.3 is 14.9 Å². The quantitative estimate of drug-likeness (QED) is 0.713. The number of nitrogen functional groups attached to an aromatic ring is 1. The van der Waals surface area contributed by atoms with Crippen LogP contribution < -0.4 is 10.5 Å². The lowest BCUT2D eigenvalue weighted by Gasteiger charge is -2.08. The number of hydrogen-bond acceptors (Lipinski definition) is 4. The molecule has 0 unspecified atom stereocenters. The smallest absolute Gasteiger partial charge is 0.227 e. The van der Waals surface area contributed by atoms with Crippen LogP contribution in [-0.2, 0) is 6.42 Å². The maximum Gasteiger partial charge on any atom is 0.227 e. The minimum Gasteiger partial charge on any atom is -0.493 e. The average Bonchev–Trinajstić information content (AvgIpc) is 2.89. The number of nitrogens with zero attached hydrogens (tertiary/aromatic N) is 1. The molecule has 0 radical (unpaired) electrons. The van der Waals surface area contributed by atoms with E-state index in [1.54, 1.807) is 13.2 Å². The molecule has 0 saturated carbocycles. The van der Waals surface area contributed by atoms with E-state index in [-0.39, 0.29) is 0 Å². The number of hydrogen-bond donors (Lipinski definition) is 1. The molecule has 2 N–H and O–H groups in total. The van der Waals surface area contributed by atoms with Gasteiger partial charge in [-0.15, -0.1) is 0 Å². The minimum atomic E-state index is 0.540. The van der Waals surface area contributed by atoms with Gasteiger partial charge in [0.15, 0.2) is 11.3 Å². The van der Waals surface area contributed by atoms with E-state index in [1.807, 2.05) is 18.2 Å². The van der Waals surface area contributed by atoms with Gasteiger partial charge in [0.05, 0.1) is 17.3 Å². The van der Waals surface area contributed by atoms with Gasteiger partial charge in [0.1, 0.15) is 5.52 Å². The molecule has 5 heteroatoms. The van der Waals surface area contributed by atoms with Crippen molar-refractivity contribution in [2.45, 2.75) is 13.3 Å². The third-order valence-electron chi connectivity index (χ3n) is 3.38. The van der Waals surface area contributed by atoms with Crippen LogP contribution in [0.5, 0.6) is 5.75 Å². The summed E-state index contributed by atoms with van der Waals surface area (Å²) in [6, 6.07) is 9.74. The molecule has 0 atom stereocenters. The van der Waals surface area contributed by atoms with Crippen LogP contribution in [-0.4, -0.2) is 12.1 Å². The monoisotopic (exact) mass is 346 g/mol. The summed E-state index contributed by atoms with van der Waals surface area (Å²) in [6.45, 7) is 2.11. The van der Waals surface area contributed by atoms with Crippen molar-refractivity contribution in [3.63, 3.8) is 0 Å². The molecule has 21 heavy (non-hydrogen) atoms. The van der Waals surface area contributed by atoms with E-state index >= 15 is 0 Å². The number of halogens is 1. The Kier molecular flexibility index (Phi) is 3.59. The fourth-order valence-electron chi connectivity index (χ4n) is 2.27. The first-order chi connectivity index (χ1) is 10.1. The van der Waals surface area contributed by atoms with Crippen LogP contribution in [0.3, 0.4) is 0 Å². The van der Waals surface area contributed by atoms with E-state index in [0.717, 1.165) is 27.6 Å². The number of aromatic nitrogens is 1. The maximum atomic E-state index is 5.99. The number of nitrogens with two attached hydrogens (primary N) is 1. The Morgan fingerprint density at radius 1 is 1.29 bits per heavy atom. The molecule has 2 aromatic carbocycles. The molecule has 0 aliphatic carbocycles. The van der Waals surface area contributed by atoms with E-state index in [1.165, 1.54) is 5.56 Å². The van der Waals surface area contributed by atoms with Gasteiger partial charge in [0, 0.05) is 5.56 Å². The summed E-state index contributed by atoms with van der Waals surface area (Å²) in [7, 11) is 1.59. The number of oxazole rings is 1. The van der Waals surface area contributed by atoms with Gasteiger partial charge in [-0.1, -0.05) is 13.0 Å². The zero-order valence-corrected chi connectivity index (χ0v) is 13.4. The normalized spacial score (nSPS) is 11.0. The first kappa shape index (κ1) is 13.9. The predicted molar refractivity (Wildman–Crippen MR) is 87.5 cm³/mol. The number of aryl methyl sites for hydroxylation is 1. The Morgan fingerprint density at radius 2 is 2.10 bits per heavy atom. The highest BCUT2D eigenvalue weighted by molar-refractivity contribution is 9.10. The molecule has 0 spiro atoms. The summed E-state index contributed by atoms with van der Waals surface area (Å²) in [5.41, 5.74) is 10.2. The molecule has 0 aliphatic heterocycles. The number of rotatable bonds is 3. The van der Waals surface area contributed by atoms with E-state index < -0.39 is 0 Å². The zero-order valence-electron chi connectivity index (χ0n) is 11.8. The largest absolute Gasteiger partial charge is 0.493 e. The Balaban J connectivity index is 2.12. The Bertz CT molecular complexity index is 788. The molecule has 0 aliphatic rings. The van der Waals surface area contributed by atoms with Gasteiger partial charge >= 0.3 is 0 Å². The molecule has 3 rings (SSSR count). The van der Waals surface area contributed by atoms with E-state index in [0.29, 0.717) is 17.3 Å². The third-order valence-corrected chi connectivity index (χ3v) is 3.97. The molecule has 0 bridgehead atoms. The van der Waals surface area contributed by atoms with Crippen molar-refractivity contribution in [2.75, 3.05) is 12.8 Å². The highest BCUT2D eigenvalue weighted by atomic mass is 79.9. The lowest BCUT2D eigenvalue weighted by atomic mass is 10.1. The topological polar surface area (TPSA) is 61.3 Å². The van der Waals surface area contributed by atoms with Crippen LogP contribution >= 0.6 is 15.9 Å². The van der Waals surface area contributed by atoms with E-state index in [4.69, 9.17) is 14.9 Å². The van der Waals surface area contributed by atoms with Gasteiger partial charge in [-0.3, -0.25) is 0 Å². The second-order valence-electron chi connectivity index (χ2n) is 4.76. The standard InChI is InChI=1S/C16H15BrN2O2/c1-3-9-4-5-14-13(6-9)19-16(21-14)10-7-11(17)15(20-2)12(18)8-10/h4-8H,3,18H2,1-2H3. The summed E-state index contributed by atoms with van der Waals surface area (Å²) in [5.74, 6) is 1.16. The zero-order chi connectivity index (χ0) is 15.0. The molecule has 0 amide bonds. The molecular weight excluding hydrogens is 332 g/mol. The van der Waals surface area contributed by atoms with Gasteiger partial charge in [-0.25, -0.2) is 4.98 Å². The predicted octanol–water partition coefficient (Wildman–Crippen LogP) is 4.41. The molecule has 3 aromatic rings. The van der Waals surface area contributed by atoms with Crippen LogP contribution in [0.1, 0.15) is 12.5 Å². The van der Waals surface area contributed by atoms with Crippen LogP contribution in [0.15, 0.2) is 39.2 Å². The maximum absolute atomic E-state index is 5.99. The summed E-state index contributed by atoms with van der Waals surface area (Å²) in [5, 5.41) is 0. The lowest BCUT2D eigenvalue weighted by molar-refractivity contribution is 0.414. The molecule has 1 aromatic heterocycles. The lowest BCUT2D eigenvalue weighted by Crippen LogP contribution is -1.94. The third kappa shape index (κ3) is 2.49. The highest BCUT2D eigenvalue weighted by Crippen LogP contribution is 2.36. The van der Waals surface area contributed by atoms with Gasteiger partial charge in [-0.2, -0.15) is 0 Å². The summed E-state index contributed by atoms with van der Waals surface area (Å²) in [6.07, 6.45) is 0.971. The number of benzene rings is 2. The van der Waals surface area contributed by atoms with E-state index in [9.17, 15) is 0 Å². The van der Waals surface area contributed by atoms with Crippen LogP contribution in [0.25, 0.3) is 22.6 Å². The number of fused-ring (bicyclic) bond motifs is 1. The van der Waals surface area contributed by atoms with Crippen LogP contribution in [0.2, 0.25) is 0 Å². The second kappa shape index (κ2) is 5.41. The molecule has 1 heterocycles. The van der Waals surface area contributed by atoms with Crippen LogP contribution in [0.4, 0.5) is 5.69 Å². The van der Waals surface area contributed by atoms with Crippen molar-refractivity contribution >= 4 is 32.7 Å². The number of ether oxygens (including phenoxy) is 1. The fourth-order valence-corrected chi connectivity index (χ4v) is 2.91. The first-order valence-corrected chi connectivity index (χ1v) is 7.44. The van der Waals surface area contributed by atoms with Crippen molar-refractivity contribution in [3.8, 4) is 17.2 Å². The van der Waals surface area contributed by atoms with Crippen molar-refractivity contribution in [1.29, 1.82) is 0 Å². The molecule has 0 fully saturated rings. The first-order valence-electron chi connectivity index (χ1n) is 6.65. The summed E-state index contributed by atoms with van der Waals surface area (Å²) in [4.78, 5) is 4.55. The van der Waals surface area contributed by atoms with Crippen molar-refractivity contribution in [2.24, 2.45) is 0 Å². The van der Waals surface area contributed by atoms with Crippen molar-refractivity contribution in [3.05, 3.63) is 40.4 Å². The molecule has 4 nitrogen and oxygen atoms in total. The van der Waals surface area contributed by atoms with Gasteiger partial charge in [0.2, 0.25) is 5.89 Å². The summed E-state index contributed by atoms with van der Waals surface area (Å²) >= 11 is 3.45.